The Morgan fingerprint density at radius 3 is 2.66 bits per heavy atom. The Morgan fingerprint density at radius 1 is 1.14 bits per heavy atom. The van der Waals surface area contributed by atoms with Gasteiger partial charge in [-0.05, 0) is 35.7 Å². The Kier molecular flexibility index (Phi) is 5.99. The van der Waals surface area contributed by atoms with E-state index in [4.69, 9.17) is 15.5 Å². The van der Waals surface area contributed by atoms with E-state index in [0.29, 0.717) is 22.3 Å². The first kappa shape index (κ1) is 19.7. The molecule has 0 aliphatic heterocycles. The van der Waals surface area contributed by atoms with Crippen LogP contribution in [-0.4, -0.2) is 33.6 Å². The molecule has 29 heavy (non-hydrogen) atoms. The van der Waals surface area contributed by atoms with Crippen molar-refractivity contribution in [1.82, 2.24) is 9.97 Å². The molecule has 0 fully saturated rings. The van der Waals surface area contributed by atoms with Crippen molar-refractivity contribution in [3.8, 4) is 22.4 Å². The minimum absolute atomic E-state index is 0.515. The van der Waals surface area contributed by atoms with E-state index in [1.807, 2.05) is 48.5 Å². The second kappa shape index (κ2) is 8.82. The highest BCUT2D eigenvalue weighted by Gasteiger charge is 2.20. The first-order chi connectivity index (χ1) is 14.2. The van der Waals surface area contributed by atoms with Gasteiger partial charge in [-0.25, -0.2) is 4.98 Å². The minimum atomic E-state index is -1.18. The molecule has 5 nitrogen and oxygen atoms in total. The molecular formula is C22H21N3O2S2. The average Bonchev–Trinajstić information content (AvgIpc) is 3.11. The highest BCUT2D eigenvalue weighted by atomic mass is 32.2. The number of hydrogen-bond acceptors (Lipinski definition) is 6. The highest BCUT2D eigenvalue weighted by Crippen LogP contribution is 2.42. The van der Waals surface area contributed by atoms with Crippen LogP contribution in [0.25, 0.3) is 32.6 Å². The molecule has 0 unspecified atom stereocenters. The lowest BCUT2D eigenvalue weighted by molar-refractivity contribution is 0.200. The molecule has 0 saturated carbocycles. The molecule has 1 atom stereocenters. The molecule has 3 aromatic heterocycles. The van der Waals surface area contributed by atoms with E-state index in [9.17, 15) is 4.21 Å². The molecule has 0 radical (unpaired) electrons. The van der Waals surface area contributed by atoms with Gasteiger partial charge in [-0.2, -0.15) is 0 Å². The van der Waals surface area contributed by atoms with Crippen LogP contribution in [0.2, 0.25) is 0 Å². The average molecular weight is 424 g/mol. The van der Waals surface area contributed by atoms with Crippen LogP contribution in [-0.2, 0) is 15.5 Å². The summed E-state index contributed by atoms with van der Waals surface area (Å²) in [4.78, 5) is 9.84. The zero-order chi connectivity index (χ0) is 20.2. The van der Waals surface area contributed by atoms with Crippen molar-refractivity contribution in [3.05, 3.63) is 60.9 Å². The third kappa shape index (κ3) is 4.07. The summed E-state index contributed by atoms with van der Waals surface area (Å²) in [6, 6.07) is 16.0. The number of pyridine rings is 2. The summed E-state index contributed by atoms with van der Waals surface area (Å²) in [6.45, 7) is 0.579. The second-order valence-electron chi connectivity index (χ2n) is 6.54. The zero-order valence-electron chi connectivity index (χ0n) is 16.0. The van der Waals surface area contributed by atoms with Gasteiger partial charge in [0.05, 0.1) is 22.2 Å². The van der Waals surface area contributed by atoms with Crippen LogP contribution < -0.4 is 5.73 Å². The van der Waals surface area contributed by atoms with Crippen LogP contribution in [0, 0.1) is 0 Å². The highest BCUT2D eigenvalue weighted by molar-refractivity contribution is 7.87. The van der Waals surface area contributed by atoms with Crippen molar-refractivity contribution in [3.63, 3.8) is 0 Å². The number of fused-ring (bicyclic) bond motifs is 1. The summed E-state index contributed by atoms with van der Waals surface area (Å²) in [5.74, 6) is 0.515. The van der Waals surface area contributed by atoms with Gasteiger partial charge >= 0.3 is 0 Å². The first-order valence-corrected chi connectivity index (χ1v) is 11.4. The summed E-state index contributed by atoms with van der Waals surface area (Å²) < 4.78 is 18.6. The summed E-state index contributed by atoms with van der Waals surface area (Å²) in [5.41, 5.74) is 10.9. The Morgan fingerprint density at radius 2 is 1.93 bits per heavy atom. The number of nitrogens with zero attached hydrogens (tertiary/aromatic N) is 2. The van der Waals surface area contributed by atoms with Crippen molar-refractivity contribution in [2.75, 3.05) is 25.2 Å². The summed E-state index contributed by atoms with van der Waals surface area (Å²) in [5, 5.41) is 0.865. The molecule has 2 N–H and O–H groups in total. The third-order valence-electron chi connectivity index (χ3n) is 4.59. The van der Waals surface area contributed by atoms with Gasteiger partial charge in [-0.3, -0.25) is 9.19 Å². The lowest BCUT2D eigenvalue weighted by atomic mass is 10.0. The molecule has 3 heterocycles. The number of methoxy groups -OCH3 is 1. The van der Waals surface area contributed by atoms with Crippen molar-refractivity contribution in [2.45, 2.75) is 10.6 Å². The van der Waals surface area contributed by atoms with Gasteiger partial charge in [0.25, 0.3) is 0 Å². The number of aromatic nitrogens is 2. The Bertz CT molecular complexity index is 1150. The summed E-state index contributed by atoms with van der Waals surface area (Å²) >= 11 is 1.41. The number of nitrogen functional groups attached to an aromatic ring is 1. The molecule has 4 aromatic rings. The van der Waals surface area contributed by atoms with Gasteiger partial charge in [-0.1, -0.05) is 30.3 Å². The van der Waals surface area contributed by atoms with Crippen LogP contribution in [0.5, 0.6) is 0 Å². The number of anilines is 1. The predicted octanol–water partition coefficient (Wildman–Crippen LogP) is 4.75. The second-order valence-corrected chi connectivity index (χ2v) is 9.31. The molecule has 148 valence electrons. The number of rotatable bonds is 7. The van der Waals surface area contributed by atoms with E-state index in [0.717, 1.165) is 39.0 Å². The molecule has 1 aromatic carbocycles. The van der Waals surface area contributed by atoms with E-state index in [2.05, 4.69) is 4.98 Å². The molecule has 0 saturated heterocycles. The van der Waals surface area contributed by atoms with Crippen LogP contribution in [0.3, 0.4) is 0 Å². The largest absolute Gasteiger partial charge is 0.396 e. The monoisotopic (exact) mass is 423 g/mol. The van der Waals surface area contributed by atoms with Crippen molar-refractivity contribution in [1.29, 1.82) is 0 Å². The van der Waals surface area contributed by atoms with E-state index in [-0.39, 0.29) is 0 Å². The number of ether oxygens (including phenoxy) is 1. The quantitative estimate of drug-likeness (QED) is 0.434. The molecule has 0 bridgehead atoms. The Labute approximate surface area is 176 Å². The summed E-state index contributed by atoms with van der Waals surface area (Å²) in [7, 11) is 0.462. The number of thiophene rings is 1. The van der Waals surface area contributed by atoms with E-state index in [1.165, 1.54) is 11.3 Å². The summed E-state index contributed by atoms with van der Waals surface area (Å²) in [6.07, 6.45) is 4.25. The van der Waals surface area contributed by atoms with Crippen molar-refractivity contribution < 1.29 is 8.95 Å². The molecule has 4 rings (SSSR count). The molecule has 7 heteroatoms. The van der Waals surface area contributed by atoms with Crippen molar-refractivity contribution in [2.24, 2.45) is 0 Å². The van der Waals surface area contributed by atoms with Gasteiger partial charge in [0.1, 0.15) is 9.04 Å². The normalized spacial score (nSPS) is 12.3. The Balaban J connectivity index is 1.89. The molecule has 0 aliphatic carbocycles. The van der Waals surface area contributed by atoms with Crippen LogP contribution >= 0.6 is 11.3 Å². The van der Waals surface area contributed by atoms with E-state index in [1.54, 1.807) is 19.5 Å². The lowest BCUT2D eigenvalue weighted by Crippen LogP contribution is -2.02. The molecule has 0 amide bonds. The van der Waals surface area contributed by atoms with Gasteiger partial charge < -0.3 is 10.5 Å². The maximum absolute atomic E-state index is 12.9. The smallest absolute Gasteiger partial charge is 0.127 e. The van der Waals surface area contributed by atoms with Crippen LogP contribution in [0.1, 0.15) is 6.42 Å². The zero-order valence-corrected chi connectivity index (χ0v) is 17.6. The third-order valence-corrected chi connectivity index (χ3v) is 7.59. The minimum Gasteiger partial charge on any atom is -0.396 e. The van der Waals surface area contributed by atoms with Crippen LogP contribution in [0.4, 0.5) is 5.69 Å². The lowest BCUT2D eigenvalue weighted by Gasteiger charge is -2.08. The fourth-order valence-electron chi connectivity index (χ4n) is 3.20. The van der Waals surface area contributed by atoms with E-state index >= 15 is 0 Å². The fourth-order valence-corrected chi connectivity index (χ4v) is 5.83. The Hall–Kier alpha value is -2.61. The predicted molar refractivity (Wildman–Crippen MR) is 120 cm³/mol. The maximum atomic E-state index is 12.9. The number of benzene rings is 1. The van der Waals surface area contributed by atoms with Gasteiger partial charge in [0, 0.05) is 42.8 Å². The molecular weight excluding hydrogens is 402 g/mol. The molecule has 0 aliphatic rings. The van der Waals surface area contributed by atoms with Gasteiger partial charge in [-0.15, -0.1) is 11.3 Å². The fraction of sp³-hybridized carbons (Fsp3) is 0.182. The van der Waals surface area contributed by atoms with Crippen LogP contribution in [0.15, 0.2) is 65.1 Å². The maximum Gasteiger partial charge on any atom is 0.127 e. The van der Waals surface area contributed by atoms with Gasteiger partial charge in [0.15, 0.2) is 0 Å². The molecule has 0 spiro atoms. The SMILES string of the molecule is COCCC[S@@](=O)c1sc2nc(-c3cccnc3)cc(-c3ccccc3)c2c1N. The topological polar surface area (TPSA) is 78.1 Å². The first-order valence-electron chi connectivity index (χ1n) is 9.25. The number of hydrogen-bond donors (Lipinski definition) is 1. The van der Waals surface area contributed by atoms with E-state index < -0.39 is 10.8 Å². The number of nitrogens with two attached hydrogens (primary N) is 1. The van der Waals surface area contributed by atoms with Gasteiger partial charge in [0.2, 0.25) is 0 Å². The standard InChI is InChI=1S/C22H21N3O2S2/c1-27-11-6-12-29(26)22-20(23)19-17(15-7-3-2-4-8-15)13-18(25-21(19)28-22)16-9-5-10-24-14-16/h2-5,7-10,13-14H,6,11-12,23H2,1H3/t29-/m1/s1. The van der Waals surface area contributed by atoms with Crippen molar-refractivity contribution >= 4 is 38.0 Å².